The maximum Gasteiger partial charge on any atom is 0.303 e. The second kappa shape index (κ2) is 5.20. The van der Waals surface area contributed by atoms with Gasteiger partial charge in [-0.1, -0.05) is 0 Å². The first-order valence-corrected chi connectivity index (χ1v) is 6.03. The highest BCUT2D eigenvalue weighted by Crippen LogP contribution is 2.26. The van der Waals surface area contributed by atoms with Gasteiger partial charge in [0.1, 0.15) is 11.6 Å². The van der Waals surface area contributed by atoms with Gasteiger partial charge in [-0.2, -0.15) is 4.98 Å². The van der Waals surface area contributed by atoms with Gasteiger partial charge in [0.05, 0.1) is 13.0 Å². The fourth-order valence-electron chi connectivity index (χ4n) is 2.04. The molecule has 0 radical (unpaired) electrons. The molecule has 2 rings (SSSR count). The number of nitrogens with zero attached hydrogens (tertiary/aromatic N) is 3. The molecule has 0 saturated carbocycles. The first-order chi connectivity index (χ1) is 8.58. The van der Waals surface area contributed by atoms with Crippen LogP contribution >= 0.6 is 0 Å². The molecule has 1 N–H and O–H groups in total. The summed E-state index contributed by atoms with van der Waals surface area (Å²) in [5.41, 5.74) is 0. The molecular weight excluding hydrogens is 234 g/mol. The second-order valence-electron chi connectivity index (χ2n) is 4.41. The van der Waals surface area contributed by atoms with Crippen molar-refractivity contribution in [3.8, 4) is 5.88 Å². The molecule has 6 nitrogen and oxygen atoms in total. The van der Waals surface area contributed by atoms with E-state index in [2.05, 4.69) is 9.97 Å². The maximum atomic E-state index is 10.6. The molecule has 18 heavy (non-hydrogen) atoms. The number of hydrogen-bond donors (Lipinski definition) is 1. The van der Waals surface area contributed by atoms with E-state index >= 15 is 0 Å². The Morgan fingerprint density at radius 3 is 2.89 bits per heavy atom. The van der Waals surface area contributed by atoms with Gasteiger partial charge < -0.3 is 14.7 Å². The van der Waals surface area contributed by atoms with Crippen LogP contribution < -0.4 is 9.64 Å². The minimum atomic E-state index is -0.742. The largest absolute Gasteiger partial charge is 0.481 e. The molecule has 2 heterocycles. The molecule has 6 heteroatoms. The zero-order chi connectivity index (χ0) is 13.1. The van der Waals surface area contributed by atoms with Crippen molar-refractivity contribution in [3.63, 3.8) is 0 Å². The Morgan fingerprint density at radius 1 is 1.56 bits per heavy atom. The van der Waals surface area contributed by atoms with Crippen molar-refractivity contribution in [1.82, 2.24) is 9.97 Å². The summed E-state index contributed by atoms with van der Waals surface area (Å²) in [6.45, 7) is 5.75. The molecule has 0 unspecified atom stereocenters. The number of carboxylic acids is 1. The molecule has 0 atom stereocenters. The first-order valence-electron chi connectivity index (χ1n) is 6.03. The van der Waals surface area contributed by atoms with E-state index in [0.717, 1.165) is 18.9 Å². The van der Waals surface area contributed by atoms with Crippen LogP contribution in [0.1, 0.15) is 19.2 Å². The summed E-state index contributed by atoms with van der Waals surface area (Å²) in [4.78, 5) is 21.1. The average Bonchev–Trinajstić information content (AvgIpc) is 2.22. The van der Waals surface area contributed by atoms with Crippen LogP contribution in [-0.2, 0) is 4.79 Å². The van der Waals surface area contributed by atoms with Crippen molar-refractivity contribution >= 4 is 11.8 Å². The highest BCUT2D eigenvalue weighted by Gasteiger charge is 2.29. The zero-order valence-electron chi connectivity index (χ0n) is 10.6. The fourth-order valence-corrected chi connectivity index (χ4v) is 2.04. The van der Waals surface area contributed by atoms with E-state index in [4.69, 9.17) is 9.84 Å². The molecule has 1 aliphatic rings. The van der Waals surface area contributed by atoms with Crippen molar-refractivity contribution in [2.75, 3.05) is 24.6 Å². The van der Waals surface area contributed by atoms with Gasteiger partial charge in [0.25, 0.3) is 0 Å². The molecule has 1 aromatic rings. The Kier molecular flexibility index (Phi) is 3.64. The molecule has 0 aromatic carbocycles. The van der Waals surface area contributed by atoms with E-state index in [1.165, 1.54) is 0 Å². The minimum Gasteiger partial charge on any atom is -0.481 e. The smallest absolute Gasteiger partial charge is 0.303 e. The van der Waals surface area contributed by atoms with Gasteiger partial charge in [-0.3, -0.25) is 4.79 Å². The molecule has 1 aromatic heterocycles. The lowest BCUT2D eigenvalue weighted by molar-refractivity contribution is -0.138. The lowest BCUT2D eigenvalue weighted by Crippen LogP contribution is -2.48. The quantitative estimate of drug-likeness (QED) is 0.844. The lowest BCUT2D eigenvalue weighted by Gasteiger charge is -2.39. The zero-order valence-corrected chi connectivity index (χ0v) is 10.6. The molecule has 1 saturated heterocycles. The minimum absolute atomic E-state index is 0.216. The first kappa shape index (κ1) is 12.6. The van der Waals surface area contributed by atoms with Crippen LogP contribution in [0, 0.1) is 12.8 Å². The van der Waals surface area contributed by atoms with Crippen LogP contribution in [0.25, 0.3) is 0 Å². The van der Waals surface area contributed by atoms with Crippen molar-refractivity contribution in [3.05, 3.63) is 11.9 Å². The number of rotatable bonds is 5. The van der Waals surface area contributed by atoms with Gasteiger partial charge in [0, 0.05) is 25.1 Å². The van der Waals surface area contributed by atoms with Gasteiger partial charge in [-0.15, -0.1) is 0 Å². The summed E-state index contributed by atoms with van der Waals surface area (Å²) in [6.07, 6.45) is 0.221. The third-order valence-electron chi connectivity index (χ3n) is 2.84. The Morgan fingerprint density at radius 2 is 2.28 bits per heavy atom. The summed E-state index contributed by atoms with van der Waals surface area (Å²) < 4.78 is 5.37. The fraction of sp³-hybridized carbons (Fsp3) is 0.583. The molecule has 0 spiro atoms. The number of carboxylic acid groups (broad SMARTS) is 1. The van der Waals surface area contributed by atoms with E-state index in [0.29, 0.717) is 18.3 Å². The Hall–Kier alpha value is -1.85. The third-order valence-corrected chi connectivity index (χ3v) is 2.84. The van der Waals surface area contributed by atoms with Gasteiger partial charge in [0.15, 0.2) is 0 Å². The number of aliphatic carboxylic acids is 1. The van der Waals surface area contributed by atoms with Crippen molar-refractivity contribution in [2.24, 2.45) is 5.92 Å². The van der Waals surface area contributed by atoms with Gasteiger partial charge in [0.2, 0.25) is 5.88 Å². The van der Waals surface area contributed by atoms with E-state index in [1.807, 2.05) is 18.7 Å². The van der Waals surface area contributed by atoms with Crippen LogP contribution in [0.5, 0.6) is 5.88 Å². The van der Waals surface area contributed by atoms with Crippen LogP contribution in [0.3, 0.4) is 0 Å². The van der Waals surface area contributed by atoms with Crippen LogP contribution in [-0.4, -0.2) is 40.7 Å². The number of ether oxygens (including phenoxy) is 1. The van der Waals surface area contributed by atoms with E-state index < -0.39 is 5.97 Å². The lowest BCUT2D eigenvalue weighted by atomic mass is 9.96. The maximum absolute atomic E-state index is 10.6. The van der Waals surface area contributed by atoms with Crippen molar-refractivity contribution in [1.29, 1.82) is 0 Å². The van der Waals surface area contributed by atoms with E-state index in [1.54, 1.807) is 6.07 Å². The van der Waals surface area contributed by atoms with Gasteiger partial charge >= 0.3 is 5.97 Å². The van der Waals surface area contributed by atoms with Crippen molar-refractivity contribution < 1.29 is 14.6 Å². The highest BCUT2D eigenvalue weighted by molar-refractivity contribution is 5.67. The summed E-state index contributed by atoms with van der Waals surface area (Å²) in [5, 5.41) is 8.70. The summed E-state index contributed by atoms with van der Waals surface area (Å²) in [5.74, 6) is 1.52. The molecule has 0 amide bonds. The van der Waals surface area contributed by atoms with Gasteiger partial charge in [-0.25, -0.2) is 4.98 Å². The van der Waals surface area contributed by atoms with Crippen LogP contribution in [0.15, 0.2) is 6.07 Å². The third kappa shape index (κ3) is 2.88. The summed E-state index contributed by atoms with van der Waals surface area (Å²) in [6, 6.07) is 1.80. The highest BCUT2D eigenvalue weighted by atomic mass is 16.5. The van der Waals surface area contributed by atoms with Crippen molar-refractivity contribution in [2.45, 2.75) is 20.3 Å². The average molecular weight is 251 g/mol. The molecular formula is C12H17N3O3. The number of aryl methyl sites for hydroxylation is 1. The molecule has 1 fully saturated rings. The normalized spacial score (nSPS) is 15.3. The second-order valence-corrected chi connectivity index (χ2v) is 4.41. The number of carbonyl (C=O) groups is 1. The Balaban J connectivity index is 2.00. The Bertz CT molecular complexity index is 444. The van der Waals surface area contributed by atoms with Crippen LogP contribution in [0.2, 0.25) is 0 Å². The molecule has 0 bridgehead atoms. The summed E-state index contributed by atoms with van der Waals surface area (Å²) in [7, 11) is 0. The predicted molar refractivity (Wildman–Crippen MR) is 65.9 cm³/mol. The monoisotopic (exact) mass is 251 g/mol. The number of aromatic nitrogens is 2. The number of hydrogen-bond acceptors (Lipinski definition) is 5. The van der Waals surface area contributed by atoms with Crippen LogP contribution in [0.4, 0.5) is 5.82 Å². The topological polar surface area (TPSA) is 75.5 Å². The SMILES string of the molecule is CCOc1cc(N2CC(CC(=O)O)C2)nc(C)n1. The predicted octanol–water partition coefficient (Wildman–Crippen LogP) is 1.09. The summed E-state index contributed by atoms with van der Waals surface area (Å²) >= 11 is 0. The van der Waals surface area contributed by atoms with E-state index in [9.17, 15) is 4.79 Å². The molecule has 0 aliphatic carbocycles. The van der Waals surface area contributed by atoms with Gasteiger partial charge in [-0.05, 0) is 13.8 Å². The van der Waals surface area contributed by atoms with E-state index in [-0.39, 0.29) is 12.3 Å². The Labute approximate surface area is 106 Å². The standard InChI is InChI=1S/C12H17N3O3/c1-3-18-11-5-10(13-8(2)14-11)15-6-9(7-15)4-12(16)17/h5,9H,3-4,6-7H2,1-2H3,(H,16,17). The number of anilines is 1. The molecule has 1 aliphatic heterocycles. The molecule has 98 valence electrons.